The van der Waals surface area contributed by atoms with Crippen LogP contribution in [0.4, 0.5) is 5.82 Å². The van der Waals surface area contributed by atoms with Crippen LogP contribution in [-0.2, 0) is 0 Å². The first-order chi connectivity index (χ1) is 12.8. The molecule has 0 saturated heterocycles. The van der Waals surface area contributed by atoms with Crippen molar-refractivity contribution in [3.8, 4) is 0 Å². The topological polar surface area (TPSA) is 24.9 Å². The Kier molecular flexibility index (Phi) is 15.4. The van der Waals surface area contributed by atoms with Crippen LogP contribution in [-0.4, -0.2) is 11.5 Å². The third-order valence-corrected chi connectivity index (χ3v) is 5.25. The fourth-order valence-electron chi connectivity index (χ4n) is 3.46. The van der Waals surface area contributed by atoms with Crippen LogP contribution in [0.3, 0.4) is 0 Å². The first-order valence-corrected chi connectivity index (χ1v) is 11.5. The number of unbranched alkanes of at least 4 members (excludes halogenated alkanes) is 15. The number of hydrogen-bond donors (Lipinski definition) is 1. The first-order valence-electron chi connectivity index (χ1n) is 11.5. The Morgan fingerprint density at radius 2 is 1.12 bits per heavy atom. The smallest absolute Gasteiger partial charge is 0.125 e. The number of rotatable bonds is 18. The van der Waals surface area contributed by atoms with Crippen molar-refractivity contribution < 1.29 is 0 Å². The van der Waals surface area contributed by atoms with E-state index in [1.54, 1.807) is 0 Å². The lowest BCUT2D eigenvalue weighted by Gasteiger charge is -2.06. The summed E-state index contributed by atoms with van der Waals surface area (Å²) in [5.41, 5.74) is 1.22. The van der Waals surface area contributed by atoms with Crippen molar-refractivity contribution in [3.05, 3.63) is 23.9 Å². The molecule has 0 amide bonds. The van der Waals surface area contributed by atoms with E-state index < -0.39 is 0 Å². The van der Waals surface area contributed by atoms with E-state index in [0.29, 0.717) is 0 Å². The third kappa shape index (κ3) is 14.2. The molecule has 0 aliphatic heterocycles. The molecule has 0 bridgehead atoms. The average molecular weight is 361 g/mol. The fourth-order valence-corrected chi connectivity index (χ4v) is 3.46. The molecule has 0 radical (unpaired) electrons. The van der Waals surface area contributed by atoms with Gasteiger partial charge < -0.3 is 5.32 Å². The summed E-state index contributed by atoms with van der Waals surface area (Å²) in [7, 11) is 0. The normalized spacial score (nSPS) is 11.0. The average Bonchev–Trinajstić information content (AvgIpc) is 2.66. The molecule has 2 heteroatoms. The van der Waals surface area contributed by atoms with Gasteiger partial charge in [-0.2, -0.15) is 0 Å². The summed E-state index contributed by atoms with van der Waals surface area (Å²) >= 11 is 0. The minimum atomic E-state index is 1.01. The highest BCUT2D eigenvalue weighted by Gasteiger charge is 1.96. The number of aromatic nitrogens is 1. The Morgan fingerprint density at radius 3 is 1.54 bits per heavy atom. The second-order valence-electron chi connectivity index (χ2n) is 7.95. The Morgan fingerprint density at radius 1 is 0.654 bits per heavy atom. The zero-order valence-electron chi connectivity index (χ0n) is 17.7. The van der Waals surface area contributed by atoms with Gasteiger partial charge >= 0.3 is 0 Å². The van der Waals surface area contributed by atoms with Crippen molar-refractivity contribution in [2.45, 2.75) is 117 Å². The van der Waals surface area contributed by atoms with Crippen LogP contribution in [0.1, 0.15) is 115 Å². The summed E-state index contributed by atoms with van der Waals surface area (Å²) in [6, 6.07) is 4.19. The summed E-state index contributed by atoms with van der Waals surface area (Å²) in [5, 5.41) is 3.41. The monoisotopic (exact) mass is 360 g/mol. The molecule has 0 unspecified atom stereocenters. The van der Waals surface area contributed by atoms with E-state index in [2.05, 4.69) is 36.3 Å². The molecular weight excluding hydrogens is 316 g/mol. The molecule has 150 valence electrons. The van der Waals surface area contributed by atoms with Crippen LogP contribution in [0.2, 0.25) is 0 Å². The van der Waals surface area contributed by atoms with Gasteiger partial charge in [0.1, 0.15) is 5.82 Å². The van der Waals surface area contributed by atoms with Crippen molar-refractivity contribution in [2.75, 3.05) is 11.9 Å². The Labute approximate surface area is 163 Å². The van der Waals surface area contributed by atoms with Crippen LogP contribution in [0, 0.1) is 6.92 Å². The van der Waals surface area contributed by atoms with E-state index in [1.165, 1.54) is 108 Å². The highest BCUT2D eigenvalue weighted by atomic mass is 15.0. The van der Waals surface area contributed by atoms with Gasteiger partial charge in [0.2, 0.25) is 0 Å². The quantitative estimate of drug-likeness (QED) is 0.268. The van der Waals surface area contributed by atoms with Gasteiger partial charge in [0.05, 0.1) is 0 Å². The summed E-state index contributed by atoms with van der Waals surface area (Å²) in [4.78, 5) is 4.38. The van der Waals surface area contributed by atoms with Gasteiger partial charge in [0.15, 0.2) is 0 Å². The van der Waals surface area contributed by atoms with E-state index in [9.17, 15) is 0 Å². The number of anilines is 1. The Balaban J connectivity index is 1.72. The summed E-state index contributed by atoms with van der Waals surface area (Å²) < 4.78 is 0. The van der Waals surface area contributed by atoms with Gasteiger partial charge in [-0.1, -0.05) is 109 Å². The molecule has 2 nitrogen and oxygen atoms in total. The molecule has 0 spiro atoms. The predicted molar refractivity (Wildman–Crippen MR) is 117 cm³/mol. The maximum atomic E-state index is 4.38. The van der Waals surface area contributed by atoms with Gasteiger partial charge in [-0.05, 0) is 25.0 Å². The highest BCUT2D eigenvalue weighted by molar-refractivity contribution is 5.34. The number of nitrogens with one attached hydrogen (secondary N) is 1. The van der Waals surface area contributed by atoms with Gasteiger partial charge in [0.25, 0.3) is 0 Å². The fraction of sp³-hybridized carbons (Fsp3) is 0.792. The van der Waals surface area contributed by atoms with Crippen molar-refractivity contribution in [2.24, 2.45) is 0 Å². The lowest BCUT2D eigenvalue weighted by atomic mass is 10.0. The lowest BCUT2D eigenvalue weighted by molar-refractivity contribution is 0.530. The summed E-state index contributed by atoms with van der Waals surface area (Å²) in [5.74, 6) is 1.01. The van der Waals surface area contributed by atoms with Crippen molar-refractivity contribution >= 4 is 5.82 Å². The minimum Gasteiger partial charge on any atom is -0.370 e. The highest BCUT2D eigenvalue weighted by Crippen LogP contribution is 2.13. The zero-order valence-corrected chi connectivity index (χ0v) is 17.7. The molecule has 26 heavy (non-hydrogen) atoms. The molecular formula is C24H44N2. The number of nitrogens with zero attached hydrogens (tertiary/aromatic N) is 1. The Hall–Kier alpha value is -1.05. The maximum Gasteiger partial charge on any atom is 0.125 e. The van der Waals surface area contributed by atoms with Crippen LogP contribution in [0.25, 0.3) is 0 Å². The van der Waals surface area contributed by atoms with E-state index >= 15 is 0 Å². The standard InChI is InChI=1S/C24H44N2/c1-3-4-5-6-7-8-9-10-11-12-13-14-15-16-17-18-21-25-24-20-19-23(2)22-26-24/h19-20,22H,3-18,21H2,1-2H3,(H,25,26). The molecule has 0 aliphatic rings. The largest absolute Gasteiger partial charge is 0.370 e. The molecule has 0 aliphatic carbocycles. The molecule has 0 fully saturated rings. The van der Waals surface area contributed by atoms with E-state index in [1.807, 2.05) is 6.20 Å². The minimum absolute atomic E-state index is 1.01. The van der Waals surface area contributed by atoms with Crippen LogP contribution in [0.5, 0.6) is 0 Å². The molecule has 0 aromatic carbocycles. The van der Waals surface area contributed by atoms with Gasteiger partial charge in [-0.25, -0.2) is 4.98 Å². The number of hydrogen-bond acceptors (Lipinski definition) is 2. The van der Waals surface area contributed by atoms with Crippen LogP contribution >= 0.6 is 0 Å². The van der Waals surface area contributed by atoms with E-state index in [4.69, 9.17) is 0 Å². The first kappa shape index (κ1) is 23.0. The maximum absolute atomic E-state index is 4.38. The van der Waals surface area contributed by atoms with Crippen LogP contribution < -0.4 is 5.32 Å². The molecule has 1 aromatic rings. The molecule has 0 atom stereocenters. The lowest BCUT2D eigenvalue weighted by Crippen LogP contribution is -2.02. The molecule has 1 N–H and O–H groups in total. The second-order valence-corrected chi connectivity index (χ2v) is 7.95. The van der Waals surface area contributed by atoms with Gasteiger partial charge in [-0.15, -0.1) is 0 Å². The molecule has 0 saturated carbocycles. The molecule has 1 aromatic heterocycles. The molecule has 1 heterocycles. The summed E-state index contributed by atoms with van der Waals surface area (Å²) in [6.07, 6.45) is 24.7. The third-order valence-electron chi connectivity index (χ3n) is 5.25. The predicted octanol–water partition coefficient (Wildman–Crippen LogP) is 8.06. The SMILES string of the molecule is CCCCCCCCCCCCCCCCCCNc1ccc(C)cn1. The van der Waals surface area contributed by atoms with E-state index in [0.717, 1.165) is 12.4 Å². The zero-order chi connectivity index (χ0) is 18.7. The van der Waals surface area contributed by atoms with Crippen molar-refractivity contribution in [1.82, 2.24) is 4.98 Å². The van der Waals surface area contributed by atoms with E-state index in [-0.39, 0.29) is 0 Å². The van der Waals surface area contributed by atoms with Crippen LogP contribution in [0.15, 0.2) is 18.3 Å². The number of pyridine rings is 1. The Bertz CT molecular complexity index is 399. The number of aryl methyl sites for hydroxylation is 1. The van der Waals surface area contributed by atoms with Crippen molar-refractivity contribution in [3.63, 3.8) is 0 Å². The van der Waals surface area contributed by atoms with Crippen molar-refractivity contribution in [1.29, 1.82) is 0 Å². The van der Waals surface area contributed by atoms with Gasteiger partial charge in [-0.3, -0.25) is 0 Å². The summed E-state index contributed by atoms with van der Waals surface area (Å²) in [6.45, 7) is 5.42. The van der Waals surface area contributed by atoms with Gasteiger partial charge in [0, 0.05) is 12.7 Å². The second kappa shape index (κ2) is 17.4. The molecule has 1 rings (SSSR count).